The van der Waals surface area contributed by atoms with Gasteiger partial charge in [-0.3, -0.25) is 9.59 Å². The van der Waals surface area contributed by atoms with E-state index in [4.69, 9.17) is 9.47 Å². The summed E-state index contributed by atoms with van der Waals surface area (Å²) in [5, 5.41) is 2.89. The average Bonchev–Trinajstić information content (AvgIpc) is 3.11. The van der Waals surface area contributed by atoms with Gasteiger partial charge in [-0.05, 0) is 35.4 Å². The topological polar surface area (TPSA) is 67.9 Å². The molecule has 0 radical (unpaired) electrons. The zero-order valence-corrected chi connectivity index (χ0v) is 17.1. The first kappa shape index (κ1) is 22.5. The number of alkyl halides is 3. The molecule has 1 aliphatic rings. The maximum atomic E-state index is 12.9. The first-order valence-corrected chi connectivity index (χ1v) is 9.63. The van der Waals surface area contributed by atoms with E-state index >= 15 is 0 Å². The SMILES string of the molecule is COc1ccc(C(NC(=O)C2CC(=O)N(CC(F)(F)F)C2)c2ccc(OC)cc2)cc1. The van der Waals surface area contributed by atoms with E-state index in [0.717, 1.165) is 11.1 Å². The summed E-state index contributed by atoms with van der Waals surface area (Å²) in [5.74, 6) is -0.716. The van der Waals surface area contributed by atoms with Crippen molar-refractivity contribution in [2.45, 2.75) is 18.6 Å². The van der Waals surface area contributed by atoms with Gasteiger partial charge in [-0.2, -0.15) is 13.2 Å². The van der Waals surface area contributed by atoms with E-state index in [9.17, 15) is 22.8 Å². The van der Waals surface area contributed by atoms with Crippen molar-refractivity contribution >= 4 is 11.8 Å². The number of carbonyl (C=O) groups is 2. The number of nitrogens with zero attached hydrogens (tertiary/aromatic N) is 1. The number of nitrogens with one attached hydrogen (secondary N) is 1. The Kier molecular flexibility index (Phi) is 6.72. The predicted octanol–water partition coefficient (Wildman–Crippen LogP) is 3.32. The molecule has 0 saturated carbocycles. The van der Waals surface area contributed by atoms with Gasteiger partial charge < -0.3 is 19.7 Å². The fourth-order valence-electron chi connectivity index (χ4n) is 3.53. The summed E-state index contributed by atoms with van der Waals surface area (Å²) in [7, 11) is 3.09. The van der Waals surface area contributed by atoms with Crippen molar-refractivity contribution in [3.63, 3.8) is 0 Å². The van der Waals surface area contributed by atoms with E-state index in [1.807, 2.05) is 0 Å². The summed E-state index contributed by atoms with van der Waals surface area (Å²) >= 11 is 0. The molecule has 0 bridgehead atoms. The first-order valence-electron chi connectivity index (χ1n) is 9.63. The van der Waals surface area contributed by atoms with Crippen LogP contribution in [0.4, 0.5) is 13.2 Å². The van der Waals surface area contributed by atoms with Gasteiger partial charge in [-0.25, -0.2) is 0 Å². The van der Waals surface area contributed by atoms with Crippen LogP contribution < -0.4 is 14.8 Å². The van der Waals surface area contributed by atoms with Crippen LogP contribution in [-0.4, -0.2) is 50.2 Å². The van der Waals surface area contributed by atoms with Crippen molar-refractivity contribution in [2.24, 2.45) is 5.92 Å². The second kappa shape index (κ2) is 9.28. The molecule has 0 aliphatic carbocycles. The highest BCUT2D eigenvalue weighted by Crippen LogP contribution is 2.28. The van der Waals surface area contributed by atoms with Crippen LogP contribution in [0.1, 0.15) is 23.6 Å². The predicted molar refractivity (Wildman–Crippen MR) is 107 cm³/mol. The van der Waals surface area contributed by atoms with Crippen molar-refractivity contribution < 1.29 is 32.2 Å². The highest BCUT2D eigenvalue weighted by Gasteiger charge is 2.41. The van der Waals surface area contributed by atoms with E-state index < -0.39 is 36.5 Å². The number of amides is 2. The second-order valence-electron chi connectivity index (χ2n) is 7.28. The highest BCUT2D eigenvalue weighted by molar-refractivity contribution is 5.89. The molecule has 0 aromatic heterocycles. The van der Waals surface area contributed by atoms with Crippen molar-refractivity contribution in [1.29, 1.82) is 0 Å². The van der Waals surface area contributed by atoms with E-state index in [1.54, 1.807) is 62.8 Å². The maximum Gasteiger partial charge on any atom is 0.406 e. The third kappa shape index (κ3) is 5.68. The monoisotopic (exact) mass is 436 g/mol. The molecule has 1 fully saturated rings. The van der Waals surface area contributed by atoms with Crippen molar-refractivity contribution in [3.05, 3.63) is 59.7 Å². The summed E-state index contributed by atoms with van der Waals surface area (Å²) in [4.78, 5) is 25.5. The molecular formula is C22H23F3N2O4. The number of likely N-dealkylation sites (tertiary alicyclic amines) is 1. The Labute approximate surface area is 177 Å². The molecule has 1 saturated heterocycles. The summed E-state index contributed by atoms with van der Waals surface area (Å²) in [6.07, 6.45) is -4.75. The third-order valence-corrected chi connectivity index (χ3v) is 5.14. The Balaban J connectivity index is 1.80. The minimum atomic E-state index is -4.50. The Morgan fingerprint density at radius 2 is 1.52 bits per heavy atom. The molecule has 2 aromatic carbocycles. The van der Waals surface area contributed by atoms with Crippen LogP contribution in [0.5, 0.6) is 11.5 Å². The summed E-state index contributed by atoms with van der Waals surface area (Å²) in [6, 6.07) is 13.6. The van der Waals surface area contributed by atoms with Crippen LogP contribution in [0.2, 0.25) is 0 Å². The number of benzene rings is 2. The van der Waals surface area contributed by atoms with Crippen molar-refractivity contribution in [2.75, 3.05) is 27.3 Å². The molecule has 1 unspecified atom stereocenters. The molecule has 31 heavy (non-hydrogen) atoms. The number of halogens is 3. The Morgan fingerprint density at radius 1 is 1.03 bits per heavy atom. The lowest BCUT2D eigenvalue weighted by molar-refractivity contribution is -0.157. The standard InChI is InChI=1S/C22H23F3N2O4/c1-30-17-7-3-14(4-8-17)20(15-5-9-18(31-2)10-6-15)26-21(29)16-11-19(28)27(12-16)13-22(23,24)25/h3-10,16,20H,11-13H2,1-2H3,(H,26,29). The fourth-order valence-corrected chi connectivity index (χ4v) is 3.53. The molecule has 0 spiro atoms. The fraction of sp³-hybridized carbons (Fsp3) is 0.364. The van der Waals surface area contributed by atoms with Crippen LogP contribution >= 0.6 is 0 Å². The van der Waals surface area contributed by atoms with Gasteiger partial charge in [-0.1, -0.05) is 24.3 Å². The smallest absolute Gasteiger partial charge is 0.406 e. The molecule has 1 aliphatic heterocycles. The largest absolute Gasteiger partial charge is 0.497 e. The molecule has 1 heterocycles. The van der Waals surface area contributed by atoms with Gasteiger partial charge in [-0.15, -0.1) is 0 Å². The molecule has 9 heteroatoms. The van der Waals surface area contributed by atoms with E-state index in [0.29, 0.717) is 16.4 Å². The Morgan fingerprint density at radius 3 is 1.94 bits per heavy atom. The van der Waals surface area contributed by atoms with Gasteiger partial charge >= 0.3 is 6.18 Å². The van der Waals surface area contributed by atoms with Crippen LogP contribution in [0.25, 0.3) is 0 Å². The van der Waals surface area contributed by atoms with Crippen molar-refractivity contribution in [1.82, 2.24) is 10.2 Å². The Hall–Kier alpha value is -3.23. The van der Waals surface area contributed by atoms with Gasteiger partial charge in [0.25, 0.3) is 0 Å². The van der Waals surface area contributed by atoms with Gasteiger partial charge in [0.1, 0.15) is 18.0 Å². The number of methoxy groups -OCH3 is 2. The average molecular weight is 436 g/mol. The quantitative estimate of drug-likeness (QED) is 0.723. The molecule has 3 rings (SSSR count). The van der Waals surface area contributed by atoms with Crippen LogP contribution in [-0.2, 0) is 9.59 Å². The van der Waals surface area contributed by atoms with E-state index in [2.05, 4.69) is 5.32 Å². The lowest BCUT2D eigenvalue weighted by Gasteiger charge is -2.23. The number of rotatable bonds is 7. The summed E-state index contributed by atoms with van der Waals surface area (Å²) in [6.45, 7) is -1.61. The zero-order valence-electron chi connectivity index (χ0n) is 17.1. The molecule has 2 amide bonds. The van der Waals surface area contributed by atoms with Gasteiger partial charge in [0.2, 0.25) is 11.8 Å². The zero-order chi connectivity index (χ0) is 22.6. The molecule has 2 aromatic rings. The number of hydrogen-bond acceptors (Lipinski definition) is 4. The van der Waals surface area contributed by atoms with Gasteiger partial charge in [0, 0.05) is 13.0 Å². The minimum absolute atomic E-state index is 0.250. The minimum Gasteiger partial charge on any atom is -0.497 e. The van der Waals surface area contributed by atoms with E-state index in [-0.39, 0.29) is 13.0 Å². The number of hydrogen-bond donors (Lipinski definition) is 1. The normalized spacial score (nSPS) is 16.5. The summed E-state index contributed by atoms with van der Waals surface area (Å²) < 4.78 is 48.4. The molecule has 1 N–H and O–H groups in total. The Bertz CT molecular complexity index is 866. The molecule has 6 nitrogen and oxygen atoms in total. The molecular weight excluding hydrogens is 413 g/mol. The van der Waals surface area contributed by atoms with Crippen LogP contribution in [0.15, 0.2) is 48.5 Å². The maximum absolute atomic E-state index is 12.9. The third-order valence-electron chi connectivity index (χ3n) is 5.14. The number of carbonyl (C=O) groups excluding carboxylic acids is 2. The second-order valence-corrected chi connectivity index (χ2v) is 7.28. The lowest BCUT2D eigenvalue weighted by Crippen LogP contribution is -2.38. The van der Waals surface area contributed by atoms with Crippen LogP contribution in [0, 0.1) is 5.92 Å². The van der Waals surface area contributed by atoms with Crippen LogP contribution in [0.3, 0.4) is 0 Å². The first-order chi connectivity index (χ1) is 14.7. The molecule has 166 valence electrons. The lowest BCUT2D eigenvalue weighted by atomic mass is 9.97. The number of ether oxygens (including phenoxy) is 2. The van der Waals surface area contributed by atoms with Crippen molar-refractivity contribution in [3.8, 4) is 11.5 Å². The molecule has 1 atom stereocenters. The van der Waals surface area contributed by atoms with Gasteiger partial charge in [0.15, 0.2) is 0 Å². The van der Waals surface area contributed by atoms with Gasteiger partial charge in [0.05, 0.1) is 26.2 Å². The highest BCUT2D eigenvalue weighted by atomic mass is 19.4. The summed E-state index contributed by atoms with van der Waals surface area (Å²) in [5.41, 5.74) is 1.52. The van der Waals surface area contributed by atoms with E-state index in [1.165, 1.54) is 0 Å².